The van der Waals surface area contributed by atoms with Crippen molar-refractivity contribution >= 4 is 23.9 Å². The zero-order valence-electron chi connectivity index (χ0n) is 15.4. The molecule has 0 radical (unpaired) electrons. The van der Waals surface area contributed by atoms with Crippen molar-refractivity contribution in [1.29, 1.82) is 0 Å². The summed E-state index contributed by atoms with van der Waals surface area (Å²) in [7, 11) is 0. The van der Waals surface area contributed by atoms with Gasteiger partial charge in [0, 0.05) is 18.9 Å². The Morgan fingerprint density at radius 3 is 2.42 bits per heavy atom. The predicted molar refractivity (Wildman–Crippen MR) is 87.3 cm³/mol. The Balaban J connectivity index is 1.89. The highest BCUT2D eigenvalue weighted by Gasteiger charge is 2.53. The quantitative estimate of drug-likeness (QED) is 0.229. The van der Waals surface area contributed by atoms with Gasteiger partial charge in [-0.2, -0.15) is 0 Å². The second-order valence-electron chi connectivity index (χ2n) is 7.04. The molecule has 0 aromatic carbocycles. The van der Waals surface area contributed by atoms with Crippen LogP contribution in [-0.4, -0.2) is 41.9 Å². The number of carbonyl (C=O) groups is 4. The number of ether oxygens (including phenoxy) is 4. The van der Waals surface area contributed by atoms with Crippen molar-refractivity contribution in [3.05, 3.63) is 12.2 Å². The van der Waals surface area contributed by atoms with Crippen molar-refractivity contribution in [2.75, 3.05) is 0 Å². The highest BCUT2D eigenvalue weighted by Crippen LogP contribution is 2.43. The molecule has 1 aliphatic carbocycles. The first-order chi connectivity index (χ1) is 12.0. The zero-order valence-corrected chi connectivity index (χ0v) is 15.4. The van der Waals surface area contributed by atoms with E-state index in [1.54, 1.807) is 6.92 Å². The Morgan fingerprint density at radius 2 is 1.88 bits per heavy atom. The first-order valence-corrected chi connectivity index (χ1v) is 8.54. The van der Waals surface area contributed by atoms with Crippen molar-refractivity contribution in [3.63, 3.8) is 0 Å². The van der Waals surface area contributed by atoms with Crippen LogP contribution >= 0.6 is 0 Å². The summed E-state index contributed by atoms with van der Waals surface area (Å²) < 4.78 is 20.6. The molecule has 0 amide bonds. The van der Waals surface area contributed by atoms with Crippen LogP contribution in [0.3, 0.4) is 0 Å². The summed E-state index contributed by atoms with van der Waals surface area (Å²) in [6.45, 7) is 9.30. The molecular formula is C18H24O8. The van der Waals surface area contributed by atoms with Crippen molar-refractivity contribution in [1.82, 2.24) is 0 Å². The average molecular weight is 368 g/mol. The maximum absolute atomic E-state index is 12.3. The van der Waals surface area contributed by atoms with Gasteiger partial charge in [0.25, 0.3) is 0 Å². The number of esters is 4. The Morgan fingerprint density at radius 1 is 1.23 bits per heavy atom. The molecule has 1 saturated carbocycles. The van der Waals surface area contributed by atoms with Crippen molar-refractivity contribution in [3.8, 4) is 0 Å². The maximum Gasteiger partial charge on any atom is 0.336 e. The van der Waals surface area contributed by atoms with Gasteiger partial charge in [-0.1, -0.05) is 6.58 Å². The van der Waals surface area contributed by atoms with Crippen molar-refractivity contribution in [2.45, 2.75) is 65.0 Å². The van der Waals surface area contributed by atoms with E-state index in [0.717, 1.165) is 0 Å². The second kappa shape index (κ2) is 7.47. The lowest BCUT2D eigenvalue weighted by Crippen LogP contribution is -2.57. The fraction of sp³-hybridized carbons (Fsp3) is 0.667. The van der Waals surface area contributed by atoms with Gasteiger partial charge in [0.2, 0.25) is 6.29 Å². The Kier molecular flexibility index (Phi) is 5.73. The lowest BCUT2D eigenvalue weighted by molar-refractivity contribution is -0.221. The minimum Gasteiger partial charge on any atom is -0.457 e. The van der Waals surface area contributed by atoms with Crippen LogP contribution in [0.1, 0.15) is 47.0 Å². The van der Waals surface area contributed by atoms with Crippen LogP contribution in [0.4, 0.5) is 0 Å². The molecule has 2 saturated heterocycles. The van der Waals surface area contributed by atoms with Gasteiger partial charge >= 0.3 is 23.9 Å². The van der Waals surface area contributed by atoms with Gasteiger partial charge in [-0.15, -0.1) is 0 Å². The number of fused-ring (bicyclic) bond motifs is 3. The summed E-state index contributed by atoms with van der Waals surface area (Å²) in [6, 6.07) is 0. The SMILES string of the molecule is C=C(C)C(=O)OC(C)OC(=O)C(C)C(=O)OC1CC2CCC1(C)OC2=O. The van der Waals surface area contributed by atoms with E-state index in [9.17, 15) is 19.2 Å². The number of carbonyl (C=O) groups excluding carboxylic acids is 4. The topological polar surface area (TPSA) is 105 Å². The number of rotatable bonds is 6. The summed E-state index contributed by atoms with van der Waals surface area (Å²) in [6.07, 6.45) is -0.0673. The molecule has 8 nitrogen and oxygen atoms in total. The second-order valence-corrected chi connectivity index (χ2v) is 7.04. The van der Waals surface area contributed by atoms with Gasteiger partial charge in [0.15, 0.2) is 5.92 Å². The van der Waals surface area contributed by atoms with Crippen LogP contribution in [0.2, 0.25) is 0 Å². The maximum atomic E-state index is 12.3. The normalized spacial score (nSPS) is 29.2. The minimum absolute atomic E-state index is 0.162. The summed E-state index contributed by atoms with van der Waals surface area (Å²) in [4.78, 5) is 47.4. The third-order valence-electron chi connectivity index (χ3n) is 4.71. The average Bonchev–Trinajstić information content (AvgIpc) is 2.54. The van der Waals surface area contributed by atoms with E-state index >= 15 is 0 Å². The Hall–Kier alpha value is -2.38. The van der Waals surface area contributed by atoms with E-state index < -0.39 is 41.8 Å². The lowest BCUT2D eigenvalue weighted by Gasteiger charge is -2.47. The molecule has 3 rings (SSSR count). The van der Waals surface area contributed by atoms with Gasteiger partial charge in [-0.3, -0.25) is 14.4 Å². The molecule has 26 heavy (non-hydrogen) atoms. The molecule has 0 aromatic rings. The van der Waals surface area contributed by atoms with E-state index in [0.29, 0.717) is 19.3 Å². The van der Waals surface area contributed by atoms with E-state index in [2.05, 4.69) is 6.58 Å². The summed E-state index contributed by atoms with van der Waals surface area (Å²) in [5, 5.41) is 0. The summed E-state index contributed by atoms with van der Waals surface area (Å²) in [5.41, 5.74) is -0.703. The first-order valence-electron chi connectivity index (χ1n) is 8.54. The van der Waals surface area contributed by atoms with Crippen LogP contribution in [0.15, 0.2) is 12.2 Å². The van der Waals surface area contributed by atoms with Crippen LogP contribution in [0.25, 0.3) is 0 Å². The molecule has 5 atom stereocenters. The van der Waals surface area contributed by atoms with Crippen LogP contribution in [0, 0.1) is 11.8 Å². The number of hydrogen-bond donors (Lipinski definition) is 0. The molecule has 144 valence electrons. The zero-order chi connectivity index (χ0) is 19.6. The molecule has 8 heteroatoms. The molecule has 2 aliphatic heterocycles. The smallest absolute Gasteiger partial charge is 0.336 e. The summed E-state index contributed by atoms with van der Waals surface area (Å²) in [5.74, 6) is -4.11. The molecule has 3 fully saturated rings. The largest absolute Gasteiger partial charge is 0.457 e. The predicted octanol–water partition coefficient (Wildman–Crippen LogP) is 1.66. The van der Waals surface area contributed by atoms with E-state index in [1.807, 2.05) is 0 Å². The Bertz CT molecular complexity index is 639. The van der Waals surface area contributed by atoms with E-state index in [4.69, 9.17) is 18.9 Å². The van der Waals surface area contributed by atoms with Crippen molar-refractivity contribution in [2.24, 2.45) is 11.8 Å². The lowest BCUT2D eigenvalue weighted by atomic mass is 9.74. The highest BCUT2D eigenvalue weighted by atomic mass is 16.7. The monoisotopic (exact) mass is 368 g/mol. The molecule has 0 aromatic heterocycles. The number of hydrogen-bond acceptors (Lipinski definition) is 8. The van der Waals surface area contributed by atoms with Crippen LogP contribution in [0.5, 0.6) is 0 Å². The standard InChI is InChI=1S/C18H24O8/c1-9(2)14(19)23-11(4)24-15(20)10(3)16(21)25-13-8-12-6-7-18(13,5)26-17(12)22/h10-13H,1,6-8H2,2-5H3. The fourth-order valence-electron chi connectivity index (χ4n) is 2.94. The molecule has 0 N–H and O–H groups in total. The molecule has 0 spiro atoms. The van der Waals surface area contributed by atoms with Gasteiger partial charge in [0.1, 0.15) is 11.7 Å². The highest BCUT2D eigenvalue weighted by molar-refractivity contribution is 5.94. The van der Waals surface area contributed by atoms with Gasteiger partial charge in [-0.05, 0) is 33.6 Å². The van der Waals surface area contributed by atoms with E-state index in [1.165, 1.54) is 20.8 Å². The van der Waals surface area contributed by atoms with Crippen molar-refractivity contribution < 1.29 is 38.1 Å². The van der Waals surface area contributed by atoms with Gasteiger partial charge < -0.3 is 18.9 Å². The van der Waals surface area contributed by atoms with Crippen LogP contribution in [-0.2, 0) is 38.1 Å². The first kappa shape index (κ1) is 19.9. The molecule has 3 aliphatic rings. The van der Waals surface area contributed by atoms with Gasteiger partial charge in [-0.25, -0.2) is 4.79 Å². The molecule has 5 unspecified atom stereocenters. The fourth-order valence-corrected chi connectivity index (χ4v) is 2.94. The molecule has 2 bridgehead atoms. The van der Waals surface area contributed by atoms with Gasteiger partial charge in [0.05, 0.1) is 5.92 Å². The molecule has 2 heterocycles. The third kappa shape index (κ3) is 4.23. The Labute approximate surface area is 151 Å². The summed E-state index contributed by atoms with van der Waals surface area (Å²) >= 11 is 0. The minimum atomic E-state index is -1.21. The third-order valence-corrected chi connectivity index (χ3v) is 4.71. The van der Waals surface area contributed by atoms with E-state index in [-0.39, 0.29) is 17.5 Å². The van der Waals surface area contributed by atoms with Crippen LogP contribution < -0.4 is 0 Å². The molecular weight excluding hydrogens is 344 g/mol.